The second kappa shape index (κ2) is 8.30. The van der Waals surface area contributed by atoms with Crippen molar-refractivity contribution in [2.45, 2.75) is 19.9 Å². The minimum Gasteiger partial charge on any atom is -0.363 e. The highest BCUT2D eigenvalue weighted by atomic mass is 32.1. The van der Waals surface area contributed by atoms with Crippen LogP contribution in [0.4, 0.5) is 5.00 Å². The van der Waals surface area contributed by atoms with Gasteiger partial charge in [0, 0.05) is 57.5 Å². The van der Waals surface area contributed by atoms with Crippen LogP contribution in [0.25, 0.3) is 10.6 Å². The predicted octanol–water partition coefficient (Wildman–Crippen LogP) is 2.87. The lowest BCUT2D eigenvalue weighted by Crippen LogP contribution is -2.38. The summed E-state index contributed by atoms with van der Waals surface area (Å²) in [6.45, 7) is 5.23. The van der Waals surface area contributed by atoms with Crippen LogP contribution in [-0.2, 0) is 4.79 Å². The first-order valence-electron chi connectivity index (χ1n) is 8.80. The Morgan fingerprint density at radius 3 is 2.74 bits per heavy atom. The van der Waals surface area contributed by atoms with Crippen LogP contribution in [0.2, 0.25) is 0 Å². The highest BCUT2D eigenvalue weighted by Crippen LogP contribution is 2.33. The van der Waals surface area contributed by atoms with Crippen molar-refractivity contribution in [3.05, 3.63) is 48.7 Å². The number of hydrogen-bond donors (Lipinski definition) is 0. The van der Waals surface area contributed by atoms with Gasteiger partial charge in [-0.25, -0.2) is 4.98 Å². The number of amides is 1. The molecule has 0 N–H and O–H groups in total. The zero-order chi connectivity index (χ0) is 19.4. The summed E-state index contributed by atoms with van der Waals surface area (Å²) in [4.78, 5) is 25.3. The number of carbonyl (C=O) groups excluding carboxylic acids is 1. The quantitative estimate of drug-likeness (QED) is 0.627. The highest BCUT2D eigenvalue weighted by Gasteiger charge is 2.20. The molecule has 0 aliphatic carbocycles. The maximum Gasteiger partial charge on any atom is 0.246 e. The second-order valence-electron chi connectivity index (χ2n) is 6.49. The van der Waals surface area contributed by atoms with Crippen molar-refractivity contribution in [3.63, 3.8) is 0 Å². The number of hydrogen-bond acceptors (Lipinski definition) is 6. The Balaban J connectivity index is 1.61. The summed E-state index contributed by atoms with van der Waals surface area (Å²) >= 11 is 1.64. The highest BCUT2D eigenvalue weighted by molar-refractivity contribution is 7.19. The molecule has 0 aliphatic rings. The molecule has 7 nitrogen and oxygen atoms in total. The molecule has 0 bridgehead atoms. The van der Waals surface area contributed by atoms with Crippen molar-refractivity contribution in [2.75, 3.05) is 32.1 Å². The van der Waals surface area contributed by atoms with Gasteiger partial charge in [0.05, 0.1) is 5.69 Å². The molecule has 3 rings (SSSR count). The van der Waals surface area contributed by atoms with E-state index in [9.17, 15) is 4.79 Å². The largest absolute Gasteiger partial charge is 0.363 e. The van der Waals surface area contributed by atoms with E-state index in [-0.39, 0.29) is 11.9 Å². The van der Waals surface area contributed by atoms with E-state index < -0.39 is 0 Å². The van der Waals surface area contributed by atoms with Crippen LogP contribution >= 0.6 is 11.3 Å². The van der Waals surface area contributed by atoms with Crippen molar-refractivity contribution in [1.82, 2.24) is 24.6 Å². The number of rotatable bonds is 7. The van der Waals surface area contributed by atoms with Crippen molar-refractivity contribution in [3.8, 4) is 10.6 Å². The molecule has 0 radical (unpaired) electrons. The molecule has 0 saturated heterocycles. The maximum atomic E-state index is 12.6. The third-order valence-electron chi connectivity index (χ3n) is 4.45. The predicted molar refractivity (Wildman–Crippen MR) is 108 cm³/mol. The molecule has 3 heterocycles. The molecule has 3 aromatic rings. The van der Waals surface area contributed by atoms with Crippen molar-refractivity contribution in [2.24, 2.45) is 0 Å². The standard InChI is InChI=1S/C19H24N6OS/c1-14-19(27-17(22-14)16-7-5-8-20-13-16)24(4)12-11-23(3)18(26)15(2)25-10-6-9-21-25/h5-10,13,15H,11-12H2,1-4H3. The smallest absolute Gasteiger partial charge is 0.246 e. The van der Waals surface area contributed by atoms with Gasteiger partial charge in [-0.1, -0.05) is 11.3 Å². The van der Waals surface area contributed by atoms with Gasteiger partial charge in [-0.05, 0) is 32.0 Å². The van der Waals surface area contributed by atoms with Crippen LogP contribution in [0, 0.1) is 6.92 Å². The Kier molecular flexibility index (Phi) is 5.85. The van der Waals surface area contributed by atoms with Crippen LogP contribution in [-0.4, -0.2) is 57.7 Å². The van der Waals surface area contributed by atoms with Gasteiger partial charge in [0.2, 0.25) is 5.91 Å². The zero-order valence-corrected chi connectivity index (χ0v) is 16.8. The van der Waals surface area contributed by atoms with E-state index in [0.717, 1.165) is 27.8 Å². The minimum atomic E-state index is -0.308. The van der Waals surface area contributed by atoms with E-state index >= 15 is 0 Å². The Morgan fingerprint density at radius 2 is 2.07 bits per heavy atom. The van der Waals surface area contributed by atoms with Gasteiger partial charge in [0.15, 0.2) is 0 Å². The molecule has 1 amide bonds. The van der Waals surface area contributed by atoms with Gasteiger partial charge in [-0.3, -0.25) is 14.5 Å². The molecule has 3 aromatic heterocycles. The zero-order valence-electron chi connectivity index (χ0n) is 16.0. The number of nitrogens with zero attached hydrogens (tertiary/aromatic N) is 6. The monoisotopic (exact) mass is 384 g/mol. The molecule has 27 heavy (non-hydrogen) atoms. The summed E-state index contributed by atoms with van der Waals surface area (Å²) in [5.41, 5.74) is 2.01. The maximum absolute atomic E-state index is 12.6. The molecule has 142 valence electrons. The van der Waals surface area contributed by atoms with E-state index in [2.05, 4.69) is 20.0 Å². The Bertz CT molecular complexity index is 877. The number of likely N-dealkylation sites (N-methyl/N-ethyl adjacent to an activating group) is 2. The molecule has 0 fully saturated rings. The van der Waals surface area contributed by atoms with Gasteiger partial charge in [0.1, 0.15) is 16.1 Å². The molecule has 0 spiro atoms. The van der Waals surface area contributed by atoms with Gasteiger partial charge in [-0.15, -0.1) is 0 Å². The average Bonchev–Trinajstić information content (AvgIpc) is 3.35. The molecular formula is C19H24N6OS. The van der Waals surface area contributed by atoms with Gasteiger partial charge >= 0.3 is 0 Å². The SMILES string of the molecule is Cc1nc(-c2cccnc2)sc1N(C)CCN(C)C(=O)C(C)n1cccn1. The number of carbonyl (C=O) groups is 1. The van der Waals surface area contributed by atoms with Crippen LogP contribution in [0.5, 0.6) is 0 Å². The fourth-order valence-electron chi connectivity index (χ4n) is 2.81. The summed E-state index contributed by atoms with van der Waals surface area (Å²) in [7, 11) is 3.86. The topological polar surface area (TPSA) is 67.2 Å². The van der Waals surface area contributed by atoms with Gasteiger partial charge in [-0.2, -0.15) is 5.10 Å². The van der Waals surface area contributed by atoms with Gasteiger partial charge < -0.3 is 9.80 Å². The number of aromatic nitrogens is 4. The van der Waals surface area contributed by atoms with Crippen LogP contribution < -0.4 is 4.90 Å². The first kappa shape index (κ1) is 19.0. The van der Waals surface area contributed by atoms with E-state index in [1.54, 1.807) is 33.3 Å². The summed E-state index contributed by atoms with van der Waals surface area (Å²) in [6.07, 6.45) is 7.08. The molecule has 0 aromatic carbocycles. The minimum absolute atomic E-state index is 0.0455. The number of thiazole rings is 1. The Labute approximate surface area is 163 Å². The summed E-state index contributed by atoms with van der Waals surface area (Å²) in [5, 5.41) is 6.22. The number of aryl methyl sites for hydroxylation is 1. The first-order chi connectivity index (χ1) is 13.0. The first-order valence-corrected chi connectivity index (χ1v) is 9.62. The molecule has 1 atom stereocenters. The lowest BCUT2D eigenvalue weighted by Gasteiger charge is -2.25. The van der Waals surface area contributed by atoms with Crippen molar-refractivity contribution < 1.29 is 4.79 Å². The fraction of sp³-hybridized carbons (Fsp3) is 0.368. The summed E-state index contributed by atoms with van der Waals surface area (Å²) in [6, 6.07) is 5.44. The van der Waals surface area contributed by atoms with E-state index in [1.165, 1.54) is 0 Å². The van der Waals surface area contributed by atoms with Crippen molar-refractivity contribution >= 4 is 22.2 Å². The second-order valence-corrected chi connectivity index (χ2v) is 7.47. The van der Waals surface area contributed by atoms with Crippen LogP contribution in [0.1, 0.15) is 18.7 Å². The van der Waals surface area contributed by atoms with Crippen molar-refractivity contribution in [1.29, 1.82) is 0 Å². The lowest BCUT2D eigenvalue weighted by molar-refractivity contribution is -0.133. The van der Waals surface area contributed by atoms with E-state index in [4.69, 9.17) is 0 Å². The Morgan fingerprint density at radius 1 is 1.26 bits per heavy atom. The van der Waals surface area contributed by atoms with E-state index in [1.807, 2.05) is 58.5 Å². The summed E-state index contributed by atoms with van der Waals surface area (Å²) in [5.74, 6) is 0.0455. The average molecular weight is 385 g/mol. The number of anilines is 1. The van der Waals surface area contributed by atoms with Crippen LogP contribution in [0.15, 0.2) is 43.0 Å². The van der Waals surface area contributed by atoms with E-state index in [0.29, 0.717) is 6.54 Å². The molecular weight excluding hydrogens is 360 g/mol. The lowest BCUT2D eigenvalue weighted by atomic mass is 10.3. The molecule has 0 saturated carbocycles. The summed E-state index contributed by atoms with van der Waals surface area (Å²) < 4.78 is 1.68. The Hall–Kier alpha value is -2.74. The molecule has 0 aliphatic heterocycles. The third kappa shape index (κ3) is 4.33. The van der Waals surface area contributed by atoms with Gasteiger partial charge in [0.25, 0.3) is 0 Å². The fourth-order valence-corrected chi connectivity index (χ4v) is 3.85. The normalized spacial score (nSPS) is 12.0. The third-order valence-corrected chi connectivity index (χ3v) is 5.77. The van der Waals surface area contributed by atoms with Crippen LogP contribution in [0.3, 0.4) is 0 Å². The molecule has 8 heteroatoms. The molecule has 1 unspecified atom stereocenters. The number of pyridine rings is 1.